The summed E-state index contributed by atoms with van der Waals surface area (Å²) in [5.41, 5.74) is 9.62. The van der Waals surface area contributed by atoms with E-state index in [9.17, 15) is 0 Å². The molecule has 0 radical (unpaired) electrons. The van der Waals surface area contributed by atoms with E-state index in [4.69, 9.17) is 10.7 Å². The van der Waals surface area contributed by atoms with Crippen molar-refractivity contribution in [3.63, 3.8) is 0 Å². The number of nitrogens with zero attached hydrogens (tertiary/aromatic N) is 2. The van der Waals surface area contributed by atoms with Gasteiger partial charge in [-0.05, 0) is 52.2 Å². The summed E-state index contributed by atoms with van der Waals surface area (Å²) in [6, 6.07) is 6.32. The average Bonchev–Trinajstić information content (AvgIpc) is 3.13. The second kappa shape index (κ2) is 4.87. The summed E-state index contributed by atoms with van der Waals surface area (Å²) in [7, 11) is 0. The fraction of sp³-hybridized carbons (Fsp3) is 0.471. The molecule has 3 nitrogen and oxygen atoms in total. The first-order valence-corrected chi connectivity index (χ1v) is 8.23. The van der Waals surface area contributed by atoms with Crippen LogP contribution in [0, 0.1) is 6.92 Å². The number of hydrogen-bond donors (Lipinski definition) is 1. The van der Waals surface area contributed by atoms with Crippen molar-refractivity contribution >= 4 is 21.7 Å². The van der Waals surface area contributed by atoms with Gasteiger partial charge in [0, 0.05) is 21.5 Å². The van der Waals surface area contributed by atoms with Gasteiger partial charge in [-0.15, -0.1) is 0 Å². The van der Waals surface area contributed by atoms with Crippen LogP contribution in [-0.2, 0) is 5.54 Å². The number of aromatic nitrogens is 2. The van der Waals surface area contributed by atoms with Gasteiger partial charge in [0.25, 0.3) is 0 Å². The standard InChI is InChI=1S/C17H22BrN3/c1-10-5-8-12(13(18)9-10)14-15(19)21(17(2,3)4)16(20-14)11-6-7-11/h5,8-9,11H,6-7,19H2,1-4H3. The van der Waals surface area contributed by atoms with E-state index in [0.717, 1.165) is 27.4 Å². The van der Waals surface area contributed by atoms with Crippen LogP contribution in [0.15, 0.2) is 22.7 Å². The smallest absolute Gasteiger partial charge is 0.132 e. The summed E-state index contributed by atoms with van der Waals surface area (Å²) < 4.78 is 3.27. The Morgan fingerprint density at radius 1 is 1.29 bits per heavy atom. The van der Waals surface area contributed by atoms with Gasteiger partial charge in [0.15, 0.2) is 0 Å². The van der Waals surface area contributed by atoms with Gasteiger partial charge in [0.2, 0.25) is 0 Å². The Labute approximate surface area is 134 Å². The van der Waals surface area contributed by atoms with E-state index in [-0.39, 0.29) is 5.54 Å². The first-order chi connectivity index (χ1) is 9.79. The average molecular weight is 348 g/mol. The van der Waals surface area contributed by atoms with Gasteiger partial charge < -0.3 is 10.3 Å². The molecule has 112 valence electrons. The molecule has 0 unspecified atom stereocenters. The van der Waals surface area contributed by atoms with Crippen molar-refractivity contribution in [2.75, 3.05) is 5.73 Å². The summed E-state index contributed by atoms with van der Waals surface area (Å²) in [4.78, 5) is 4.91. The van der Waals surface area contributed by atoms with Gasteiger partial charge in [-0.25, -0.2) is 4.98 Å². The Morgan fingerprint density at radius 3 is 2.48 bits per heavy atom. The van der Waals surface area contributed by atoms with Crippen molar-refractivity contribution in [1.29, 1.82) is 0 Å². The second-order valence-electron chi connectivity index (χ2n) is 6.97. The molecule has 1 saturated carbocycles. The van der Waals surface area contributed by atoms with E-state index >= 15 is 0 Å². The quantitative estimate of drug-likeness (QED) is 0.844. The van der Waals surface area contributed by atoms with Crippen LogP contribution in [0.3, 0.4) is 0 Å². The fourth-order valence-corrected chi connectivity index (χ4v) is 3.46. The molecule has 1 aliphatic carbocycles. The van der Waals surface area contributed by atoms with E-state index < -0.39 is 0 Å². The third kappa shape index (κ3) is 2.61. The van der Waals surface area contributed by atoms with E-state index in [0.29, 0.717) is 5.92 Å². The largest absolute Gasteiger partial charge is 0.383 e. The van der Waals surface area contributed by atoms with Crippen LogP contribution in [0.1, 0.15) is 50.9 Å². The summed E-state index contributed by atoms with van der Waals surface area (Å²) in [5, 5.41) is 0. The molecular weight excluding hydrogens is 326 g/mol. The Kier molecular flexibility index (Phi) is 3.40. The van der Waals surface area contributed by atoms with E-state index in [1.54, 1.807) is 0 Å². The van der Waals surface area contributed by atoms with Crippen LogP contribution in [0.4, 0.5) is 5.82 Å². The van der Waals surface area contributed by atoms with Gasteiger partial charge in [-0.2, -0.15) is 0 Å². The van der Waals surface area contributed by atoms with Crippen LogP contribution < -0.4 is 5.73 Å². The number of imidazole rings is 1. The fourth-order valence-electron chi connectivity index (χ4n) is 2.78. The lowest BCUT2D eigenvalue weighted by Gasteiger charge is -2.25. The summed E-state index contributed by atoms with van der Waals surface area (Å²) in [6.07, 6.45) is 2.45. The SMILES string of the molecule is Cc1ccc(-c2nc(C3CC3)n(C(C)(C)C)c2N)c(Br)c1. The Bertz CT molecular complexity index is 691. The minimum atomic E-state index is -0.0512. The van der Waals surface area contributed by atoms with Gasteiger partial charge in [-0.3, -0.25) is 0 Å². The van der Waals surface area contributed by atoms with Gasteiger partial charge in [-0.1, -0.05) is 28.1 Å². The molecular formula is C17H22BrN3. The maximum Gasteiger partial charge on any atom is 0.132 e. The first kappa shape index (κ1) is 14.6. The lowest BCUT2D eigenvalue weighted by Crippen LogP contribution is -2.25. The zero-order valence-corrected chi connectivity index (χ0v) is 14.7. The lowest BCUT2D eigenvalue weighted by atomic mass is 10.1. The number of nitrogens with two attached hydrogens (primary N) is 1. The maximum absolute atomic E-state index is 6.47. The van der Waals surface area contributed by atoms with Crippen LogP contribution in [0.5, 0.6) is 0 Å². The monoisotopic (exact) mass is 347 g/mol. The van der Waals surface area contributed by atoms with Crippen molar-refractivity contribution in [2.45, 2.75) is 52.0 Å². The highest BCUT2D eigenvalue weighted by Gasteiger charge is 2.34. The van der Waals surface area contributed by atoms with Gasteiger partial charge in [0.05, 0.1) is 0 Å². The molecule has 4 heteroatoms. The number of hydrogen-bond acceptors (Lipinski definition) is 2. The number of halogens is 1. The van der Waals surface area contributed by atoms with Crippen LogP contribution in [0.2, 0.25) is 0 Å². The number of rotatable bonds is 2. The molecule has 2 aromatic rings. The van der Waals surface area contributed by atoms with Crippen molar-refractivity contribution in [3.8, 4) is 11.3 Å². The molecule has 0 spiro atoms. The van der Waals surface area contributed by atoms with E-state index in [1.165, 1.54) is 18.4 Å². The molecule has 0 aliphatic heterocycles. The van der Waals surface area contributed by atoms with Crippen LogP contribution >= 0.6 is 15.9 Å². The summed E-state index contributed by atoms with van der Waals surface area (Å²) in [5.74, 6) is 2.49. The molecule has 1 aromatic heterocycles. The molecule has 0 saturated heterocycles. The minimum Gasteiger partial charge on any atom is -0.383 e. The normalized spacial score (nSPS) is 15.5. The van der Waals surface area contributed by atoms with Gasteiger partial charge in [0.1, 0.15) is 17.3 Å². The topological polar surface area (TPSA) is 43.8 Å². The molecule has 0 amide bonds. The molecule has 3 rings (SSSR count). The predicted octanol–water partition coefficient (Wildman–Crippen LogP) is 4.84. The van der Waals surface area contributed by atoms with Crippen molar-refractivity contribution in [3.05, 3.63) is 34.1 Å². The number of nitrogen functional groups attached to an aromatic ring is 1. The Balaban J connectivity index is 2.20. The molecule has 2 N–H and O–H groups in total. The zero-order valence-electron chi connectivity index (χ0n) is 13.1. The number of benzene rings is 1. The molecule has 1 aromatic carbocycles. The highest BCUT2D eigenvalue weighted by molar-refractivity contribution is 9.10. The molecule has 21 heavy (non-hydrogen) atoms. The first-order valence-electron chi connectivity index (χ1n) is 7.44. The lowest BCUT2D eigenvalue weighted by molar-refractivity contribution is 0.388. The van der Waals surface area contributed by atoms with Crippen LogP contribution in [-0.4, -0.2) is 9.55 Å². The van der Waals surface area contributed by atoms with Crippen molar-refractivity contribution < 1.29 is 0 Å². The van der Waals surface area contributed by atoms with Crippen molar-refractivity contribution in [1.82, 2.24) is 9.55 Å². The second-order valence-corrected chi connectivity index (χ2v) is 7.82. The minimum absolute atomic E-state index is 0.0512. The molecule has 1 aliphatic rings. The van der Waals surface area contributed by atoms with E-state index in [1.807, 2.05) is 0 Å². The van der Waals surface area contributed by atoms with E-state index in [2.05, 4.69) is 66.4 Å². The molecule has 0 atom stereocenters. The van der Waals surface area contributed by atoms with Crippen molar-refractivity contribution in [2.24, 2.45) is 0 Å². The number of anilines is 1. The Morgan fingerprint density at radius 2 is 1.95 bits per heavy atom. The zero-order chi connectivity index (χ0) is 15.4. The summed E-state index contributed by atoms with van der Waals surface area (Å²) in [6.45, 7) is 8.64. The summed E-state index contributed by atoms with van der Waals surface area (Å²) >= 11 is 3.65. The third-order valence-electron chi connectivity index (χ3n) is 3.93. The van der Waals surface area contributed by atoms with Crippen LogP contribution in [0.25, 0.3) is 11.3 Å². The number of aryl methyl sites for hydroxylation is 1. The molecule has 0 bridgehead atoms. The highest BCUT2D eigenvalue weighted by atomic mass is 79.9. The van der Waals surface area contributed by atoms with Gasteiger partial charge >= 0.3 is 0 Å². The highest BCUT2D eigenvalue weighted by Crippen LogP contribution is 2.45. The Hall–Kier alpha value is -1.29. The third-order valence-corrected chi connectivity index (χ3v) is 4.59. The predicted molar refractivity (Wildman–Crippen MR) is 91.5 cm³/mol. The maximum atomic E-state index is 6.47. The molecule has 1 fully saturated rings. The molecule has 1 heterocycles.